The van der Waals surface area contributed by atoms with Gasteiger partial charge in [-0.2, -0.15) is 0 Å². The van der Waals surface area contributed by atoms with Gasteiger partial charge in [0, 0.05) is 24.1 Å². The first kappa shape index (κ1) is 10.1. The Kier molecular flexibility index (Phi) is 2.36. The van der Waals surface area contributed by atoms with Crippen molar-refractivity contribution in [3.8, 4) is 5.75 Å². The summed E-state index contributed by atoms with van der Waals surface area (Å²) >= 11 is 0. The Morgan fingerprint density at radius 2 is 2.12 bits per heavy atom. The third kappa shape index (κ3) is 1.59. The van der Waals surface area contributed by atoms with E-state index < -0.39 is 0 Å². The van der Waals surface area contributed by atoms with Gasteiger partial charge in [0.15, 0.2) is 0 Å². The van der Waals surface area contributed by atoms with Gasteiger partial charge in [0.05, 0.1) is 0 Å². The molecule has 0 radical (unpaired) electrons. The van der Waals surface area contributed by atoms with Crippen LogP contribution in [0.1, 0.15) is 37.3 Å². The predicted octanol–water partition coefficient (Wildman–Crippen LogP) is 2.78. The Morgan fingerprint density at radius 3 is 2.81 bits per heavy atom. The van der Waals surface area contributed by atoms with Crippen LogP contribution in [0.25, 0.3) is 0 Å². The molecule has 16 heavy (non-hydrogen) atoms. The molecule has 3 heteroatoms. The number of ether oxygens (including phenoxy) is 1. The first-order valence-corrected chi connectivity index (χ1v) is 5.96. The second-order valence-electron chi connectivity index (χ2n) is 4.87. The molecular weight excluding hydrogens is 205 g/mol. The number of hydrogen-bond acceptors (Lipinski definition) is 2. The third-order valence-corrected chi connectivity index (χ3v) is 3.82. The maximum Gasteiger partial charge on any atom is 0.127 e. The van der Waals surface area contributed by atoms with Gasteiger partial charge in [0.2, 0.25) is 0 Å². The van der Waals surface area contributed by atoms with Crippen molar-refractivity contribution in [1.29, 1.82) is 0 Å². The second kappa shape index (κ2) is 3.74. The molecule has 3 rings (SSSR count). The van der Waals surface area contributed by atoms with Crippen molar-refractivity contribution in [2.24, 2.45) is 11.7 Å². The van der Waals surface area contributed by atoms with E-state index in [1.165, 1.54) is 31.4 Å². The van der Waals surface area contributed by atoms with Crippen molar-refractivity contribution in [2.45, 2.75) is 37.8 Å². The normalized spacial score (nSPS) is 29.1. The lowest BCUT2D eigenvalue weighted by Gasteiger charge is -2.39. The summed E-state index contributed by atoms with van der Waals surface area (Å²) in [6, 6.07) is 4.65. The van der Waals surface area contributed by atoms with E-state index in [4.69, 9.17) is 10.5 Å². The van der Waals surface area contributed by atoms with Crippen LogP contribution >= 0.6 is 0 Å². The van der Waals surface area contributed by atoms with Gasteiger partial charge in [-0.15, -0.1) is 0 Å². The maximum atomic E-state index is 13.1. The van der Waals surface area contributed by atoms with Gasteiger partial charge in [-0.1, -0.05) is 12.5 Å². The smallest absolute Gasteiger partial charge is 0.127 e. The van der Waals surface area contributed by atoms with E-state index in [0.717, 1.165) is 12.0 Å². The van der Waals surface area contributed by atoms with Crippen LogP contribution in [-0.2, 0) is 0 Å². The van der Waals surface area contributed by atoms with Gasteiger partial charge in [-0.3, -0.25) is 0 Å². The van der Waals surface area contributed by atoms with E-state index in [-0.39, 0.29) is 18.0 Å². The van der Waals surface area contributed by atoms with E-state index in [1.54, 1.807) is 6.07 Å². The van der Waals surface area contributed by atoms with Crippen LogP contribution in [0.15, 0.2) is 18.2 Å². The van der Waals surface area contributed by atoms with E-state index in [9.17, 15) is 4.39 Å². The minimum atomic E-state index is -0.250. The lowest BCUT2D eigenvalue weighted by Crippen LogP contribution is -2.38. The molecule has 0 bridgehead atoms. The zero-order chi connectivity index (χ0) is 11.1. The molecule has 2 nitrogen and oxygen atoms in total. The van der Waals surface area contributed by atoms with Gasteiger partial charge in [0.25, 0.3) is 0 Å². The molecule has 0 spiro atoms. The van der Waals surface area contributed by atoms with Crippen LogP contribution < -0.4 is 10.5 Å². The highest BCUT2D eigenvalue weighted by Gasteiger charge is 2.34. The van der Waals surface area contributed by atoms with Crippen molar-refractivity contribution in [2.75, 3.05) is 0 Å². The molecule has 1 heterocycles. The molecule has 1 aliphatic heterocycles. The lowest BCUT2D eigenvalue weighted by molar-refractivity contribution is 0.0576. The number of rotatable bonds is 1. The Morgan fingerprint density at radius 1 is 1.31 bits per heavy atom. The van der Waals surface area contributed by atoms with Gasteiger partial charge >= 0.3 is 0 Å². The maximum absolute atomic E-state index is 13.1. The number of benzene rings is 1. The van der Waals surface area contributed by atoms with Crippen molar-refractivity contribution >= 4 is 0 Å². The molecule has 0 amide bonds. The van der Waals surface area contributed by atoms with Gasteiger partial charge in [-0.05, 0) is 24.8 Å². The Bertz CT molecular complexity index is 403. The van der Waals surface area contributed by atoms with Crippen molar-refractivity contribution in [3.63, 3.8) is 0 Å². The van der Waals surface area contributed by atoms with Gasteiger partial charge in [0.1, 0.15) is 17.7 Å². The second-order valence-corrected chi connectivity index (χ2v) is 4.87. The first-order chi connectivity index (χ1) is 7.74. The highest BCUT2D eigenvalue weighted by molar-refractivity contribution is 5.38. The van der Waals surface area contributed by atoms with Gasteiger partial charge in [-0.25, -0.2) is 4.39 Å². The topological polar surface area (TPSA) is 35.2 Å². The third-order valence-electron chi connectivity index (χ3n) is 3.82. The zero-order valence-corrected chi connectivity index (χ0v) is 9.16. The Labute approximate surface area is 94.6 Å². The monoisotopic (exact) mass is 221 g/mol. The molecule has 1 unspecified atom stereocenters. The van der Waals surface area contributed by atoms with Crippen LogP contribution in [0.5, 0.6) is 5.75 Å². The summed E-state index contributed by atoms with van der Waals surface area (Å²) < 4.78 is 19.0. The summed E-state index contributed by atoms with van der Waals surface area (Å²) in [6.07, 6.45) is 4.79. The van der Waals surface area contributed by atoms with Crippen molar-refractivity contribution < 1.29 is 9.13 Å². The highest BCUT2D eigenvalue weighted by Crippen LogP contribution is 2.41. The molecule has 86 valence electrons. The average Bonchev–Trinajstić information content (AvgIpc) is 2.13. The molecule has 2 atom stereocenters. The van der Waals surface area contributed by atoms with Gasteiger partial charge < -0.3 is 10.5 Å². The first-order valence-electron chi connectivity index (χ1n) is 5.96. The molecule has 0 saturated heterocycles. The van der Waals surface area contributed by atoms with Crippen LogP contribution in [0.4, 0.5) is 4.39 Å². The van der Waals surface area contributed by atoms with Crippen molar-refractivity contribution in [3.05, 3.63) is 29.6 Å². The molecule has 2 N–H and O–H groups in total. The molecule has 1 fully saturated rings. The van der Waals surface area contributed by atoms with Crippen LogP contribution in [0.2, 0.25) is 0 Å². The lowest BCUT2D eigenvalue weighted by atomic mass is 9.77. The fraction of sp³-hybridized carbons (Fsp3) is 0.538. The number of hydrogen-bond donors (Lipinski definition) is 1. The molecule has 1 aromatic rings. The fourth-order valence-electron chi connectivity index (χ4n) is 2.61. The average molecular weight is 221 g/mol. The Hall–Kier alpha value is -1.09. The summed E-state index contributed by atoms with van der Waals surface area (Å²) in [5, 5.41) is 0. The minimum Gasteiger partial charge on any atom is -0.490 e. The molecule has 0 aromatic heterocycles. The summed E-state index contributed by atoms with van der Waals surface area (Å²) in [4.78, 5) is 0. The fourth-order valence-corrected chi connectivity index (χ4v) is 2.61. The largest absolute Gasteiger partial charge is 0.490 e. The number of fused-ring (bicyclic) bond motifs is 1. The summed E-state index contributed by atoms with van der Waals surface area (Å²) in [5.74, 6) is 1.03. The minimum absolute atomic E-state index is 0.00468. The molecular formula is C13H16FNO. The quantitative estimate of drug-likeness (QED) is 0.791. The highest BCUT2D eigenvalue weighted by atomic mass is 19.1. The number of nitrogens with two attached hydrogens (primary N) is 1. The van der Waals surface area contributed by atoms with Crippen LogP contribution in [-0.4, -0.2) is 6.10 Å². The molecule has 1 saturated carbocycles. The predicted molar refractivity (Wildman–Crippen MR) is 59.7 cm³/mol. The summed E-state index contributed by atoms with van der Waals surface area (Å²) in [6.45, 7) is 0. The van der Waals surface area contributed by atoms with E-state index in [1.807, 2.05) is 0 Å². The number of halogens is 1. The molecule has 1 aliphatic carbocycles. The van der Waals surface area contributed by atoms with E-state index in [0.29, 0.717) is 11.7 Å². The van der Waals surface area contributed by atoms with Crippen LogP contribution in [0.3, 0.4) is 0 Å². The SMILES string of the molecule is N[C@H]1CC(C2CCC2)Oc2cc(F)ccc21. The zero-order valence-electron chi connectivity index (χ0n) is 9.16. The van der Waals surface area contributed by atoms with E-state index >= 15 is 0 Å². The summed E-state index contributed by atoms with van der Waals surface area (Å²) in [5.41, 5.74) is 7.04. The summed E-state index contributed by atoms with van der Waals surface area (Å²) in [7, 11) is 0. The Balaban J connectivity index is 1.88. The molecule has 2 aliphatic rings. The van der Waals surface area contributed by atoms with Crippen LogP contribution in [0, 0.1) is 11.7 Å². The molecule has 1 aromatic carbocycles. The van der Waals surface area contributed by atoms with E-state index in [2.05, 4.69) is 0 Å². The van der Waals surface area contributed by atoms with Crippen molar-refractivity contribution in [1.82, 2.24) is 0 Å². The standard InChI is InChI=1S/C13H16FNO/c14-9-4-5-10-11(15)7-12(8-2-1-3-8)16-13(10)6-9/h4-6,8,11-12H,1-3,7,15H2/t11-,12?/m0/s1.